The quantitative estimate of drug-likeness (QED) is 0.293. The molecule has 1 aliphatic heterocycles. The molecule has 1 aromatic heterocycles. The van der Waals surface area contributed by atoms with Crippen molar-refractivity contribution in [1.29, 1.82) is 0 Å². The van der Waals surface area contributed by atoms with Crippen LogP contribution in [0, 0.1) is 5.41 Å². The molecule has 1 fully saturated rings. The number of hydrogen-bond donors (Lipinski definition) is 0. The van der Waals surface area contributed by atoms with Crippen LogP contribution in [-0.2, 0) is 25.5 Å². The molecule has 1 amide bonds. The number of amides is 1. The molecule has 194 valence electrons. The molecule has 0 atom stereocenters. The van der Waals surface area contributed by atoms with Gasteiger partial charge in [-0.25, -0.2) is 4.79 Å². The number of likely N-dealkylation sites (tertiary alicyclic amines) is 1. The maximum absolute atomic E-state index is 12.4. The number of fused-ring (bicyclic) bond motifs is 1. The number of nitrogens with zero attached hydrogens (tertiary/aromatic N) is 2. The molecule has 10 heteroatoms. The largest absolute Gasteiger partial charge is 0.497 e. The molecule has 0 unspecified atom stereocenters. The van der Waals surface area contributed by atoms with Crippen molar-refractivity contribution in [2.75, 3.05) is 39.7 Å². The first-order valence-electron chi connectivity index (χ1n) is 12.0. The van der Waals surface area contributed by atoms with Crippen molar-refractivity contribution >= 4 is 38.7 Å². The number of hydrogen-bond acceptors (Lipinski definition) is 7. The van der Waals surface area contributed by atoms with E-state index in [9.17, 15) is 13.2 Å². The Morgan fingerprint density at radius 1 is 1.23 bits per heavy atom. The number of benzene rings is 1. The predicted molar refractivity (Wildman–Crippen MR) is 137 cm³/mol. The van der Waals surface area contributed by atoms with Gasteiger partial charge < -0.3 is 14.4 Å². The molecular weight excluding hydrogens is 492 g/mol. The molecule has 1 aromatic carbocycles. The molecule has 0 saturated carbocycles. The van der Waals surface area contributed by atoms with Gasteiger partial charge in [-0.15, -0.1) is 0 Å². The van der Waals surface area contributed by atoms with Crippen LogP contribution in [0.5, 0.6) is 5.75 Å². The van der Waals surface area contributed by atoms with Gasteiger partial charge >= 0.3 is 6.09 Å². The van der Waals surface area contributed by atoms with Crippen molar-refractivity contribution in [3.8, 4) is 5.75 Å². The highest BCUT2D eigenvalue weighted by Gasteiger charge is 2.37. The first-order valence-corrected chi connectivity index (χ1v) is 14.2. The van der Waals surface area contributed by atoms with E-state index in [-0.39, 0.29) is 18.1 Å². The number of piperidine rings is 1. The maximum Gasteiger partial charge on any atom is 0.409 e. The highest BCUT2D eigenvalue weighted by Crippen LogP contribution is 2.38. The van der Waals surface area contributed by atoms with Crippen LogP contribution >= 0.6 is 11.6 Å². The second-order valence-electron chi connectivity index (χ2n) is 9.24. The molecule has 35 heavy (non-hydrogen) atoms. The van der Waals surface area contributed by atoms with E-state index >= 15 is 0 Å². The first kappa shape index (κ1) is 27.5. The Kier molecular flexibility index (Phi) is 9.61. The molecule has 0 bridgehead atoms. The summed E-state index contributed by atoms with van der Waals surface area (Å²) in [6.07, 6.45) is 7.73. The normalized spacial score (nSPS) is 15.8. The number of carbonyl (C=O) groups is 1. The molecule has 1 saturated heterocycles. The number of methoxy groups -OCH3 is 1. The Morgan fingerprint density at radius 2 is 1.97 bits per heavy atom. The van der Waals surface area contributed by atoms with Gasteiger partial charge in [-0.05, 0) is 67.7 Å². The second kappa shape index (κ2) is 12.2. The Balaban J connectivity index is 1.70. The second-order valence-corrected chi connectivity index (χ2v) is 11.3. The van der Waals surface area contributed by atoms with Crippen LogP contribution in [0.25, 0.3) is 10.9 Å². The van der Waals surface area contributed by atoms with Crippen molar-refractivity contribution in [3.05, 3.63) is 35.0 Å². The Hall–Kier alpha value is -2.10. The van der Waals surface area contributed by atoms with E-state index in [2.05, 4.69) is 4.98 Å². The van der Waals surface area contributed by atoms with E-state index in [1.807, 2.05) is 25.1 Å². The smallest absolute Gasteiger partial charge is 0.409 e. The average Bonchev–Trinajstić information content (AvgIpc) is 2.84. The van der Waals surface area contributed by atoms with Gasteiger partial charge in [0, 0.05) is 24.7 Å². The molecule has 0 N–H and O–H groups in total. The van der Waals surface area contributed by atoms with Crippen LogP contribution in [0.1, 0.15) is 51.0 Å². The van der Waals surface area contributed by atoms with Gasteiger partial charge in [-0.3, -0.25) is 9.17 Å². The standard InChI is InChI=1S/C25H35ClN2O6S/c1-4-5-15-33-24(29)28-13-11-25(12-14-28,18-34-35(3,30)31)10-6-7-20-21-16-19(32-2)8-9-23(21)27-17-22(20)26/h8-9,16-17H,4-7,10-15,18H2,1-3H3. The fraction of sp³-hybridized carbons (Fsp3) is 0.600. The molecule has 8 nitrogen and oxygen atoms in total. The number of aromatic nitrogens is 1. The Morgan fingerprint density at radius 3 is 2.63 bits per heavy atom. The molecule has 2 aromatic rings. The van der Waals surface area contributed by atoms with Crippen molar-refractivity contribution < 1.29 is 26.9 Å². The third-order valence-corrected chi connectivity index (χ3v) is 7.52. The minimum atomic E-state index is -3.58. The summed E-state index contributed by atoms with van der Waals surface area (Å²) in [7, 11) is -1.95. The molecule has 3 rings (SSSR count). The van der Waals surface area contributed by atoms with E-state index in [0.717, 1.165) is 54.2 Å². The fourth-order valence-electron chi connectivity index (χ4n) is 4.48. The highest BCUT2D eigenvalue weighted by atomic mass is 35.5. The number of pyridine rings is 1. The van der Waals surface area contributed by atoms with E-state index in [1.165, 1.54) is 0 Å². The topological polar surface area (TPSA) is 95.0 Å². The lowest BCUT2D eigenvalue weighted by molar-refractivity contribution is 0.0364. The minimum absolute atomic E-state index is 0.100. The SMILES string of the molecule is CCCCOC(=O)N1CCC(CCCc2c(Cl)cnc3ccc(OC)cc23)(COS(C)(=O)=O)CC1. The monoisotopic (exact) mass is 526 g/mol. The predicted octanol–water partition coefficient (Wildman–Crippen LogP) is 5.21. The number of ether oxygens (including phenoxy) is 2. The van der Waals surface area contributed by atoms with E-state index in [4.69, 9.17) is 25.3 Å². The average molecular weight is 527 g/mol. The minimum Gasteiger partial charge on any atom is -0.497 e. The summed E-state index contributed by atoms with van der Waals surface area (Å²) in [6.45, 7) is 3.58. The number of halogens is 1. The number of rotatable bonds is 11. The van der Waals surface area contributed by atoms with Crippen molar-refractivity contribution in [3.63, 3.8) is 0 Å². The zero-order valence-electron chi connectivity index (χ0n) is 20.7. The van der Waals surface area contributed by atoms with Gasteiger partial charge in [-0.2, -0.15) is 8.42 Å². The van der Waals surface area contributed by atoms with Crippen LogP contribution < -0.4 is 4.74 Å². The zero-order valence-corrected chi connectivity index (χ0v) is 22.3. The molecule has 1 aliphatic rings. The van der Waals surface area contributed by atoms with Gasteiger partial charge in [0.2, 0.25) is 0 Å². The Labute approximate surface area is 213 Å². The molecular formula is C25H35ClN2O6S. The van der Waals surface area contributed by atoms with E-state index < -0.39 is 10.1 Å². The van der Waals surface area contributed by atoms with E-state index in [1.54, 1.807) is 18.2 Å². The van der Waals surface area contributed by atoms with Crippen LogP contribution in [0.15, 0.2) is 24.4 Å². The summed E-state index contributed by atoms with van der Waals surface area (Å²) < 4.78 is 39.5. The molecule has 0 aliphatic carbocycles. The summed E-state index contributed by atoms with van der Waals surface area (Å²) in [5.74, 6) is 0.735. The third kappa shape index (κ3) is 7.69. The summed E-state index contributed by atoms with van der Waals surface area (Å²) in [5.41, 5.74) is 1.48. The summed E-state index contributed by atoms with van der Waals surface area (Å²) >= 11 is 6.52. The Bertz CT molecular complexity index is 1120. The molecule has 2 heterocycles. The van der Waals surface area contributed by atoms with Crippen molar-refractivity contribution in [2.45, 2.75) is 51.9 Å². The highest BCUT2D eigenvalue weighted by molar-refractivity contribution is 7.85. The van der Waals surface area contributed by atoms with Gasteiger partial charge in [0.1, 0.15) is 5.75 Å². The zero-order chi connectivity index (χ0) is 25.5. The van der Waals surface area contributed by atoms with Gasteiger partial charge in [0.05, 0.1) is 37.1 Å². The van der Waals surface area contributed by atoms with Crippen molar-refractivity contribution in [1.82, 2.24) is 9.88 Å². The molecule has 0 spiro atoms. The lowest BCUT2D eigenvalue weighted by Crippen LogP contribution is -2.45. The maximum atomic E-state index is 12.4. The van der Waals surface area contributed by atoms with Crippen LogP contribution in [0.2, 0.25) is 5.02 Å². The fourth-order valence-corrected chi connectivity index (χ4v) is 5.19. The van der Waals surface area contributed by atoms with Crippen molar-refractivity contribution in [2.24, 2.45) is 5.41 Å². The third-order valence-electron chi connectivity index (χ3n) is 6.65. The lowest BCUT2D eigenvalue weighted by Gasteiger charge is -2.41. The van der Waals surface area contributed by atoms with Gasteiger partial charge in [-0.1, -0.05) is 24.9 Å². The first-order chi connectivity index (χ1) is 16.7. The summed E-state index contributed by atoms with van der Waals surface area (Å²) in [6, 6.07) is 5.71. The number of aryl methyl sites for hydroxylation is 1. The van der Waals surface area contributed by atoms with Crippen LogP contribution in [0.4, 0.5) is 4.79 Å². The lowest BCUT2D eigenvalue weighted by atomic mass is 9.75. The van der Waals surface area contributed by atoms with Crippen LogP contribution in [-0.4, -0.2) is 64.1 Å². The summed E-state index contributed by atoms with van der Waals surface area (Å²) in [5, 5.41) is 1.54. The van der Waals surface area contributed by atoms with Gasteiger partial charge in [0.15, 0.2) is 0 Å². The summed E-state index contributed by atoms with van der Waals surface area (Å²) in [4.78, 5) is 18.5. The van der Waals surface area contributed by atoms with E-state index in [0.29, 0.717) is 44.0 Å². The van der Waals surface area contributed by atoms with Crippen LogP contribution in [0.3, 0.4) is 0 Å². The molecule has 0 radical (unpaired) electrons. The number of unbranched alkanes of at least 4 members (excludes halogenated alkanes) is 1. The van der Waals surface area contributed by atoms with Gasteiger partial charge in [0.25, 0.3) is 10.1 Å². The number of carbonyl (C=O) groups excluding carboxylic acids is 1.